The molecule has 2 aliphatic rings. The maximum absolute atomic E-state index is 14.6. The van der Waals surface area contributed by atoms with Crippen LogP contribution >= 0.6 is 38.4 Å². The normalized spacial score (nSPS) is 29.9. The van der Waals surface area contributed by atoms with E-state index in [-0.39, 0.29) is 11.6 Å². The molecule has 6 N–H and O–H groups in total. The van der Waals surface area contributed by atoms with E-state index in [4.69, 9.17) is 44.1 Å². The minimum absolute atomic E-state index is 0.101. The number of anilines is 2. The third-order valence-corrected chi connectivity index (χ3v) is 11.8. The predicted octanol–water partition coefficient (Wildman–Crippen LogP) is 2.66. The molecule has 292 valence electrons. The highest BCUT2D eigenvalue weighted by Crippen LogP contribution is 2.58. The Balaban J connectivity index is 0.000000280. The number of aliphatic hydroxyl groups is 2. The lowest BCUT2D eigenvalue weighted by Gasteiger charge is -2.26. The van der Waals surface area contributed by atoms with Crippen LogP contribution in [-0.4, -0.2) is 105 Å². The zero-order valence-electron chi connectivity index (χ0n) is 27.4. The maximum Gasteiger partial charge on any atom is 0.388 e. The molecule has 2 fully saturated rings. The van der Waals surface area contributed by atoms with Crippen LogP contribution in [-0.2, 0) is 36.7 Å². The van der Waals surface area contributed by atoms with Crippen molar-refractivity contribution in [2.45, 2.75) is 48.2 Å². The number of ether oxygens (including phenoxy) is 2. The summed E-state index contributed by atoms with van der Waals surface area (Å²) in [5.74, 6) is -1.45. The van der Waals surface area contributed by atoms with Crippen LogP contribution in [0.2, 0.25) is 0 Å². The van der Waals surface area contributed by atoms with Gasteiger partial charge in [-0.15, -0.1) is 23.2 Å². The summed E-state index contributed by atoms with van der Waals surface area (Å²) in [5.41, 5.74) is 1.70. The van der Waals surface area contributed by atoms with Gasteiger partial charge in [0.15, 0.2) is 24.8 Å². The molecule has 0 radical (unpaired) electrons. The fraction of sp³-hybridized carbons (Fsp3) is 0.538. The van der Waals surface area contributed by atoms with Gasteiger partial charge in [-0.05, 0) is 24.3 Å². The number of hydrogen-bond acceptors (Lipinski definition) is 16. The summed E-state index contributed by atoms with van der Waals surface area (Å²) in [7, 11) is -4.85. The number of nitrogens with two attached hydrogens (primary N) is 2. The van der Waals surface area contributed by atoms with Crippen molar-refractivity contribution >= 4 is 50.0 Å². The SMILES string of the molecule is COP(=O)(OC)/C(F)=C/[C@@]1(CCl)O[C@@H](n2ccc(N)nc2=O)[C@H](F)[C@@H]1O.COP(=O)(OC)/C(F)=C/[C@@]1(CCl)O[C@@H](n2ccc(N)nc2=O)[C@H](F)[C@@H]1O. The second-order valence-electron chi connectivity index (χ2n) is 10.7. The van der Waals surface area contributed by atoms with Crippen molar-refractivity contribution in [3.63, 3.8) is 0 Å². The number of nitrogens with zero attached hydrogens (tertiary/aromatic N) is 4. The zero-order valence-corrected chi connectivity index (χ0v) is 30.7. The predicted molar refractivity (Wildman–Crippen MR) is 176 cm³/mol. The monoisotopic (exact) mass is 830 g/mol. The van der Waals surface area contributed by atoms with E-state index < -0.39 is 97.7 Å². The van der Waals surface area contributed by atoms with Gasteiger partial charge in [-0.3, -0.25) is 18.3 Å². The van der Waals surface area contributed by atoms with Gasteiger partial charge in [0.25, 0.3) is 0 Å². The average Bonchev–Trinajstić information content (AvgIpc) is 3.51. The first kappa shape index (κ1) is 43.7. The van der Waals surface area contributed by atoms with Crippen molar-refractivity contribution < 1.29 is 64.5 Å². The molecule has 0 saturated carbocycles. The molecule has 18 nitrogen and oxygen atoms in total. The minimum atomic E-state index is -4.31. The molecule has 4 heterocycles. The summed E-state index contributed by atoms with van der Waals surface area (Å²) in [4.78, 5) is 30.6. The molecule has 52 heavy (non-hydrogen) atoms. The Labute approximate surface area is 301 Å². The molecule has 0 amide bonds. The van der Waals surface area contributed by atoms with Gasteiger partial charge in [0.05, 0.1) is 11.8 Å². The van der Waals surface area contributed by atoms with Crippen LogP contribution < -0.4 is 22.8 Å². The zero-order chi connectivity index (χ0) is 39.4. The number of nitrogen functional groups attached to an aromatic ring is 2. The maximum atomic E-state index is 14.6. The summed E-state index contributed by atoms with van der Waals surface area (Å²) >= 11 is 11.5. The van der Waals surface area contributed by atoms with Crippen molar-refractivity contribution in [1.29, 1.82) is 0 Å². The highest BCUT2D eigenvalue weighted by Gasteiger charge is 2.57. The van der Waals surface area contributed by atoms with E-state index in [0.717, 1.165) is 50.0 Å². The van der Waals surface area contributed by atoms with Crippen molar-refractivity contribution in [1.82, 2.24) is 19.1 Å². The largest absolute Gasteiger partial charge is 0.388 e. The van der Waals surface area contributed by atoms with E-state index in [9.17, 15) is 46.5 Å². The van der Waals surface area contributed by atoms with Crippen molar-refractivity contribution in [2.24, 2.45) is 0 Å². The van der Waals surface area contributed by atoms with Gasteiger partial charge in [0, 0.05) is 40.8 Å². The summed E-state index contributed by atoms with van der Waals surface area (Å²) < 4.78 is 112. The smallest absolute Gasteiger partial charge is 0.386 e. The van der Waals surface area contributed by atoms with Crippen LogP contribution in [0, 0.1) is 0 Å². The third kappa shape index (κ3) is 8.48. The van der Waals surface area contributed by atoms with E-state index in [1.807, 2.05) is 0 Å². The van der Waals surface area contributed by atoms with Crippen molar-refractivity contribution in [2.75, 3.05) is 51.7 Å². The Hall–Kier alpha value is -2.72. The first-order valence-corrected chi connectivity index (χ1v) is 18.5. The standard InChI is InChI=1S/2C13H17ClF2N3O6P/c2*1-23-26(22,24-2)7(15)5-13(6-14)10(20)9(16)11(25-13)19-4-3-8(17)18-12(19)21/h2*3-5,9-11,20H,6H2,1-2H3,(H2,17,18,21)/b2*7-5+/t2*9-,10+,11-,13+/m11/s1. The molecule has 26 heteroatoms. The third-order valence-electron chi connectivity index (χ3n) is 7.71. The molecule has 2 aromatic heterocycles. The number of aromatic nitrogens is 4. The summed E-state index contributed by atoms with van der Waals surface area (Å²) in [6, 6.07) is 2.43. The number of alkyl halides is 4. The quantitative estimate of drug-likeness (QED) is 0.136. The number of hydrogen-bond donors (Lipinski definition) is 4. The van der Waals surface area contributed by atoms with Gasteiger partial charge in [0.2, 0.25) is 11.1 Å². The Kier molecular flexibility index (Phi) is 14.4. The van der Waals surface area contributed by atoms with Crippen LogP contribution in [0.3, 0.4) is 0 Å². The lowest BCUT2D eigenvalue weighted by Crippen LogP contribution is -2.42. The molecule has 0 aromatic carbocycles. The number of aliphatic hydroxyl groups excluding tert-OH is 2. The molecule has 0 aliphatic carbocycles. The van der Waals surface area contributed by atoms with E-state index in [0.29, 0.717) is 12.2 Å². The topological polar surface area (TPSA) is 252 Å². The van der Waals surface area contributed by atoms with Gasteiger partial charge in [-0.2, -0.15) is 18.7 Å². The van der Waals surface area contributed by atoms with Gasteiger partial charge in [-0.1, -0.05) is 0 Å². The van der Waals surface area contributed by atoms with E-state index in [2.05, 4.69) is 28.1 Å². The van der Waals surface area contributed by atoms with Crippen LogP contribution in [0.15, 0.2) is 57.4 Å². The Morgan fingerprint density at radius 1 is 0.808 bits per heavy atom. The molecular formula is C26H34Cl2F4N6O12P2. The molecule has 2 aromatic rings. The first-order chi connectivity index (χ1) is 24.3. The number of rotatable bonds is 12. The van der Waals surface area contributed by atoms with Gasteiger partial charge in [0.1, 0.15) is 35.0 Å². The summed E-state index contributed by atoms with van der Waals surface area (Å²) in [6.07, 6.45) is -8.39. The molecule has 8 atom stereocenters. The van der Waals surface area contributed by atoms with E-state index >= 15 is 0 Å². The van der Waals surface area contributed by atoms with E-state index in [1.165, 1.54) is 12.1 Å². The van der Waals surface area contributed by atoms with E-state index in [1.54, 1.807) is 0 Å². The molecule has 0 bridgehead atoms. The van der Waals surface area contributed by atoms with Crippen molar-refractivity contribution in [3.8, 4) is 0 Å². The highest BCUT2D eigenvalue weighted by atomic mass is 35.5. The van der Waals surface area contributed by atoms with Crippen LogP contribution in [0.1, 0.15) is 12.5 Å². The Morgan fingerprint density at radius 3 is 1.37 bits per heavy atom. The molecular weight excluding hydrogens is 797 g/mol. The van der Waals surface area contributed by atoms with Gasteiger partial charge in [-0.25, -0.2) is 18.4 Å². The van der Waals surface area contributed by atoms with Crippen LogP contribution in [0.25, 0.3) is 0 Å². The van der Waals surface area contributed by atoms with Crippen molar-refractivity contribution in [3.05, 3.63) is 68.8 Å². The minimum Gasteiger partial charge on any atom is -0.386 e. The lowest BCUT2D eigenvalue weighted by molar-refractivity contribution is -0.0617. The van der Waals surface area contributed by atoms with Gasteiger partial charge >= 0.3 is 26.6 Å². The fourth-order valence-electron chi connectivity index (χ4n) is 4.83. The first-order valence-electron chi connectivity index (χ1n) is 14.3. The summed E-state index contributed by atoms with van der Waals surface area (Å²) in [5, 5.41) is 20.4. The van der Waals surface area contributed by atoms with Crippen LogP contribution in [0.5, 0.6) is 0 Å². The Morgan fingerprint density at radius 2 is 1.12 bits per heavy atom. The highest BCUT2D eigenvalue weighted by molar-refractivity contribution is 7.58. The van der Waals surface area contributed by atoms with Gasteiger partial charge < -0.3 is 49.2 Å². The second kappa shape index (κ2) is 17.2. The molecule has 4 rings (SSSR count). The average molecular weight is 831 g/mol. The lowest BCUT2D eigenvalue weighted by atomic mass is 9.98. The molecule has 2 saturated heterocycles. The number of halogens is 6. The Bertz CT molecular complexity index is 1730. The molecule has 2 aliphatic heterocycles. The fourth-order valence-corrected chi connectivity index (χ4v) is 7.17. The molecule has 0 spiro atoms. The van der Waals surface area contributed by atoms with Crippen LogP contribution in [0.4, 0.5) is 29.2 Å². The summed E-state index contributed by atoms with van der Waals surface area (Å²) in [6.45, 7) is 0. The molecule has 0 unspecified atom stereocenters. The second-order valence-corrected chi connectivity index (χ2v) is 15.6.